The summed E-state index contributed by atoms with van der Waals surface area (Å²) in [5.74, 6) is 0. The second-order valence-corrected chi connectivity index (χ2v) is 8.14. The molecule has 128 valence electrons. The first-order valence-electron chi connectivity index (χ1n) is 6.67. The van der Waals surface area contributed by atoms with Crippen LogP contribution in [0, 0.1) is 14.9 Å². The number of fused-ring (bicyclic) bond motifs is 1. The van der Waals surface area contributed by atoms with Crippen LogP contribution in [0.1, 0.15) is 39.7 Å². The SMILES string of the molecule is CC(C)(C)[NH-].CCCc1cc2ccccc2[cH-]1.[CH3-].[CH3-].[Cl][Ti+4][Cl].[Si]. The Morgan fingerprint density at radius 1 is 1.13 bits per heavy atom. The maximum atomic E-state index is 6.94. The van der Waals surface area contributed by atoms with Crippen LogP contribution in [-0.2, 0) is 23.5 Å². The molecular weight excluding hydrogens is 377 g/mol. The van der Waals surface area contributed by atoms with Crippen molar-refractivity contribution in [2.45, 2.75) is 46.1 Å². The molecule has 0 amide bonds. The average molecular weight is 406 g/mol. The molecule has 4 radical (unpaired) electrons. The van der Waals surface area contributed by atoms with Gasteiger partial charge in [-0.05, 0) is 6.42 Å². The summed E-state index contributed by atoms with van der Waals surface area (Å²) in [7, 11) is 9.78. The molecule has 0 atom stereocenters. The van der Waals surface area contributed by atoms with Crippen LogP contribution >= 0.6 is 18.6 Å². The zero-order chi connectivity index (χ0) is 15.6. The molecule has 0 aliphatic rings. The van der Waals surface area contributed by atoms with Crippen molar-refractivity contribution in [3.05, 3.63) is 62.5 Å². The van der Waals surface area contributed by atoms with Crippen molar-refractivity contribution in [3.63, 3.8) is 0 Å². The molecule has 23 heavy (non-hydrogen) atoms. The molecule has 0 aliphatic carbocycles. The van der Waals surface area contributed by atoms with E-state index in [1.807, 2.05) is 20.8 Å². The fourth-order valence-corrected chi connectivity index (χ4v) is 1.65. The van der Waals surface area contributed by atoms with Crippen LogP contribution in [0.25, 0.3) is 16.5 Å². The van der Waals surface area contributed by atoms with Gasteiger partial charge in [0.05, 0.1) is 0 Å². The van der Waals surface area contributed by atoms with Crippen molar-refractivity contribution < 1.29 is 17.0 Å². The second kappa shape index (κ2) is 17.1. The molecule has 2 aromatic carbocycles. The van der Waals surface area contributed by atoms with Gasteiger partial charge in [-0.2, -0.15) is 6.07 Å². The Bertz CT molecular complexity index is 442. The topological polar surface area (TPSA) is 23.8 Å². The van der Waals surface area contributed by atoms with Gasteiger partial charge in [0.25, 0.3) is 0 Å². The van der Waals surface area contributed by atoms with Gasteiger partial charge in [0, 0.05) is 11.0 Å². The molecule has 5 heteroatoms. The predicted octanol–water partition coefficient (Wildman–Crippen LogP) is 7.24. The Balaban J connectivity index is -0.000000143. The van der Waals surface area contributed by atoms with Gasteiger partial charge in [0.15, 0.2) is 0 Å². The van der Waals surface area contributed by atoms with E-state index in [4.69, 9.17) is 24.3 Å². The molecule has 1 N–H and O–H groups in total. The van der Waals surface area contributed by atoms with Gasteiger partial charge in [0.2, 0.25) is 0 Å². The van der Waals surface area contributed by atoms with Crippen LogP contribution in [-0.4, -0.2) is 16.5 Å². The van der Waals surface area contributed by atoms with Crippen molar-refractivity contribution in [2.24, 2.45) is 0 Å². The zero-order valence-corrected chi connectivity index (χ0v) is 19.2. The number of nitrogens with one attached hydrogen (secondary N) is 1. The molecule has 0 spiro atoms. The minimum absolute atomic E-state index is 0. The molecule has 2 aromatic rings. The fraction of sp³-hybridized carbons (Fsp3) is 0.389. The van der Waals surface area contributed by atoms with E-state index in [0.717, 1.165) is 0 Å². The van der Waals surface area contributed by atoms with Gasteiger partial charge in [-0.25, -0.2) is 0 Å². The summed E-state index contributed by atoms with van der Waals surface area (Å²) >= 11 is -0.556. The molecule has 0 bridgehead atoms. The quantitative estimate of drug-likeness (QED) is 0.371. The van der Waals surface area contributed by atoms with Gasteiger partial charge >= 0.3 is 35.6 Å². The Morgan fingerprint density at radius 2 is 1.57 bits per heavy atom. The summed E-state index contributed by atoms with van der Waals surface area (Å²) in [5, 5.41) is 2.75. The summed E-state index contributed by atoms with van der Waals surface area (Å²) < 4.78 is 0. The minimum Gasteiger partial charge on any atom is 0 e. The summed E-state index contributed by atoms with van der Waals surface area (Å²) in [4.78, 5) is 0. The van der Waals surface area contributed by atoms with E-state index < -0.39 is 17.0 Å². The third-order valence-corrected chi connectivity index (χ3v) is 2.22. The zero-order valence-electron chi connectivity index (χ0n) is 15.1. The van der Waals surface area contributed by atoms with Gasteiger partial charge in [-0.15, -0.1) is 46.1 Å². The van der Waals surface area contributed by atoms with Crippen molar-refractivity contribution in [2.75, 3.05) is 0 Å². The van der Waals surface area contributed by atoms with E-state index in [1.165, 1.54) is 29.2 Å². The number of aryl methyl sites for hydroxylation is 1. The van der Waals surface area contributed by atoms with Crippen molar-refractivity contribution >= 4 is 40.3 Å². The number of halogens is 2. The molecule has 0 fully saturated rings. The monoisotopic (exact) mass is 405 g/mol. The standard InChI is InChI=1S/C12H13.C4H10N.2CH3.2ClH.Si.Ti/c1-2-5-10-8-11-6-3-4-7-12(11)9-10;1-4(2,3)5;;;;;;/h3-4,6-9H,2,5H2,1H3;5H,1-3H3;2*1H3;2*1H;;/q4*-1;;;;+6/p-2. The Hall–Kier alpha value is 0.301. The van der Waals surface area contributed by atoms with Crippen LogP contribution in [0.15, 0.2) is 36.4 Å². The van der Waals surface area contributed by atoms with Crippen LogP contribution in [0.4, 0.5) is 0 Å². The molecule has 1 nitrogen and oxygen atoms in total. The van der Waals surface area contributed by atoms with Crippen LogP contribution in [0.2, 0.25) is 0 Å². The largest absolute Gasteiger partial charge is 0 e. The van der Waals surface area contributed by atoms with E-state index in [2.05, 4.69) is 43.3 Å². The molecule has 0 aliphatic heterocycles. The number of rotatable bonds is 2. The number of benzene rings is 1. The first-order valence-corrected chi connectivity index (χ1v) is 11.0. The van der Waals surface area contributed by atoms with Gasteiger partial charge in [-0.3, -0.25) is 0 Å². The minimum atomic E-state index is -0.556. The summed E-state index contributed by atoms with van der Waals surface area (Å²) in [6.45, 7) is 7.78. The summed E-state index contributed by atoms with van der Waals surface area (Å²) in [6.07, 6.45) is 2.44. The first kappa shape index (κ1) is 31.1. The Kier molecular flexibility index (Phi) is 23.2. The van der Waals surface area contributed by atoms with Gasteiger partial charge in [0.1, 0.15) is 0 Å². The summed E-state index contributed by atoms with van der Waals surface area (Å²) in [6, 6.07) is 13.1. The second-order valence-electron chi connectivity index (χ2n) is 5.56. The van der Waals surface area contributed by atoms with Gasteiger partial charge < -0.3 is 20.6 Å². The summed E-state index contributed by atoms with van der Waals surface area (Å²) in [5.41, 5.74) is 8.16. The average Bonchev–Trinajstić information content (AvgIpc) is 2.70. The smallest absolute Gasteiger partial charge is 0 e. The predicted molar refractivity (Wildman–Crippen MR) is 108 cm³/mol. The van der Waals surface area contributed by atoms with E-state index in [0.29, 0.717) is 0 Å². The van der Waals surface area contributed by atoms with Gasteiger partial charge in [-0.1, -0.05) is 40.2 Å². The number of hydrogen-bond donors (Lipinski definition) is 0. The van der Waals surface area contributed by atoms with Crippen LogP contribution in [0.5, 0.6) is 0 Å². The maximum absolute atomic E-state index is 6.94. The molecule has 0 saturated carbocycles. The molecule has 0 saturated heterocycles. The van der Waals surface area contributed by atoms with E-state index in [-0.39, 0.29) is 31.4 Å². The molecule has 0 aromatic heterocycles. The molecular formula is C18H29Cl2NSiTi. The third kappa shape index (κ3) is 18.5. The maximum Gasteiger partial charge on any atom is 0 e. The van der Waals surface area contributed by atoms with Crippen molar-refractivity contribution in [1.82, 2.24) is 0 Å². The molecule has 0 unspecified atom stereocenters. The normalized spacial score (nSPS) is 9.17. The third-order valence-electron chi connectivity index (χ3n) is 2.22. The number of hydrogen-bond acceptors (Lipinski definition) is 0. The van der Waals surface area contributed by atoms with Crippen LogP contribution in [0.3, 0.4) is 0 Å². The molecule has 0 heterocycles. The molecule has 2 rings (SSSR count). The van der Waals surface area contributed by atoms with E-state index >= 15 is 0 Å². The van der Waals surface area contributed by atoms with Crippen molar-refractivity contribution in [1.29, 1.82) is 0 Å². The Morgan fingerprint density at radius 3 is 1.96 bits per heavy atom. The van der Waals surface area contributed by atoms with Crippen LogP contribution < -0.4 is 0 Å². The van der Waals surface area contributed by atoms with E-state index in [9.17, 15) is 0 Å². The first-order chi connectivity index (χ1) is 9.31. The van der Waals surface area contributed by atoms with Crippen molar-refractivity contribution in [3.8, 4) is 0 Å². The Labute approximate surface area is 165 Å². The fourth-order valence-electron chi connectivity index (χ4n) is 1.65. The van der Waals surface area contributed by atoms with E-state index in [1.54, 1.807) is 0 Å².